The van der Waals surface area contributed by atoms with Gasteiger partial charge in [0.25, 0.3) is 0 Å². The fourth-order valence-corrected chi connectivity index (χ4v) is 2.85. The van der Waals surface area contributed by atoms with Gasteiger partial charge in [-0.2, -0.15) is 0 Å². The van der Waals surface area contributed by atoms with Gasteiger partial charge in [0.1, 0.15) is 0 Å². The molecular weight excluding hydrogens is 236 g/mol. The van der Waals surface area contributed by atoms with E-state index in [-0.39, 0.29) is 0 Å². The molecule has 0 aromatic heterocycles. The molecule has 0 saturated carbocycles. The number of benzene rings is 1. The Labute approximate surface area is 94.8 Å². The summed E-state index contributed by atoms with van der Waals surface area (Å²) in [5, 5.41) is 0. The predicted octanol–water partition coefficient (Wildman–Crippen LogP) is 4.53. The minimum absolute atomic E-state index is 0.395. The van der Waals surface area contributed by atoms with Gasteiger partial charge >= 0.3 is 0 Å². The number of rotatable bonds is 0. The van der Waals surface area contributed by atoms with Crippen molar-refractivity contribution < 1.29 is 0 Å². The number of hydrogen-bond donors (Lipinski definition) is 0. The van der Waals surface area contributed by atoms with E-state index >= 15 is 0 Å². The third-order valence-corrected chi connectivity index (χ3v) is 3.72. The van der Waals surface area contributed by atoms with Crippen LogP contribution in [0.25, 0.3) is 0 Å². The van der Waals surface area contributed by atoms with Crippen LogP contribution in [-0.2, 0) is 6.42 Å². The third-order valence-electron chi connectivity index (χ3n) is 3.23. The van der Waals surface area contributed by atoms with Crippen LogP contribution in [-0.4, -0.2) is 0 Å². The Hall–Kier alpha value is -0.300. The summed E-state index contributed by atoms with van der Waals surface area (Å²) in [6, 6.07) is 6.73. The number of fused-ring (bicyclic) bond motifs is 1. The van der Waals surface area contributed by atoms with Crippen LogP contribution in [0.4, 0.5) is 0 Å². The number of aryl methyl sites for hydroxylation is 1. The van der Waals surface area contributed by atoms with E-state index in [0.717, 1.165) is 5.92 Å². The van der Waals surface area contributed by atoms with E-state index in [0.29, 0.717) is 5.41 Å². The minimum Gasteiger partial charge on any atom is -0.0596 e. The van der Waals surface area contributed by atoms with Gasteiger partial charge in [-0.3, -0.25) is 0 Å². The molecule has 0 nitrogen and oxygen atoms in total. The highest BCUT2D eigenvalue weighted by molar-refractivity contribution is 9.10. The number of hydrogen-bond acceptors (Lipinski definition) is 0. The smallest absolute Gasteiger partial charge is 0.0178 e. The standard InChI is InChI=1S/C13H17Br/c1-13(2,3)12-7-5-9-4-6-10(14)8-11(9)12/h4,6,8,12H,5,7H2,1-3H3. The summed E-state index contributed by atoms with van der Waals surface area (Å²) >= 11 is 3.56. The molecule has 1 unspecified atom stereocenters. The van der Waals surface area contributed by atoms with Crippen molar-refractivity contribution in [3.63, 3.8) is 0 Å². The van der Waals surface area contributed by atoms with Gasteiger partial charge in [-0.15, -0.1) is 0 Å². The maximum Gasteiger partial charge on any atom is 0.0178 e. The van der Waals surface area contributed by atoms with E-state index in [1.807, 2.05) is 0 Å². The van der Waals surface area contributed by atoms with Crippen molar-refractivity contribution in [1.29, 1.82) is 0 Å². The molecule has 0 fully saturated rings. The molecule has 1 aromatic carbocycles. The molecule has 0 amide bonds. The van der Waals surface area contributed by atoms with Gasteiger partial charge in [-0.1, -0.05) is 42.8 Å². The van der Waals surface area contributed by atoms with E-state index in [2.05, 4.69) is 54.9 Å². The molecule has 1 aromatic rings. The van der Waals surface area contributed by atoms with E-state index in [1.54, 1.807) is 11.1 Å². The molecule has 0 saturated heterocycles. The van der Waals surface area contributed by atoms with Gasteiger partial charge in [0, 0.05) is 4.47 Å². The van der Waals surface area contributed by atoms with Crippen molar-refractivity contribution in [3.05, 3.63) is 33.8 Å². The van der Waals surface area contributed by atoms with Crippen molar-refractivity contribution in [2.45, 2.75) is 39.5 Å². The minimum atomic E-state index is 0.395. The molecule has 0 N–H and O–H groups in total. The predicted molar refractivity (Wildman–Crippen MR) is 64.7 cm³/mol. The Morgan fingerprint density at radius 2 is 2.00 bits per heavy atom. The SMILES string of the molecule is CC(C)(C)C1CCc2ccc(Br)cc21. The van der Waals surface area contributed by atoms with Gasteiger partial charge in [0.05, 0.1) is 0 Å². The number of halogens is 1. The van der Waals surface area contributed by atoms with Crippen molar-refractivity contribution in [1.82, 2.24) is 0 Å². The molecule has 0 bridgehead atoms. The summed E-state index contributed by atoms with van der Waals surface area (Å²) in [4.78, 5) is 0. The zero-order valence-corrected chi connectivity index (χ0v) is 10.7. The van der Waals surface area contributed by atoms with Crippen LogP contribution < -0.4 is 0 Å². The highest BCUT2D eigenvalue weighted by Crippen LogP contribution is 2.45. The first-order valence-corrected chi connectivity index (χ1v) is 6.06. The van der Waals surface area contributed by atoms with Crippen LogP contribution in [0.3, 0.4) is 0 Å². The molecule has 1 aliphatic carbocycles. The first kappa shape index (κ1) is 10.2. The fourth-order valence-electron chi connectivity index (χ4n) is 2.47. The molecule has 0 heterocycles. The van der Waals surface area contributed by atoms with E-state index in [4.69, 9.17) is 0 Å². The van der Waals surface area contributed by atoms with Crippen LogP contribution in [0, 0.1) is 5.41 Å². The maximum absolute atomic E-state index is 3.56. The van der Waals surface area contributed by atoms with Gasteiger partial charge in [-0.25, -0.2) is 0 Å². The van der Waals surface area contributed by atoms with Crippen LogP contribution in [0.5, 0.6) is 0 Å². The Morgan fingerprint density at radius 1 is 1.29 bits per heavy atom. The first-order valence-electron chi connectivity index (χ1n) is 5.27. The monoisotopic (exact) mass is 252 g/mol. The molecule has 14 heavy (non-hydrogen) atoms. The molecule has 0 spiro atoms. The van der Waals surface area contributed by atoms with Gasteiger partial charge in [0.2, 0.25) is 0 Å². The average Bonchev–Trinajstić information content (AvgIpc) is 2.45. The van der Waals surface area contributed by atoms with Crippen molar-refractivity contribution >= 4 is 15.9 Å². The second-order valence-corrected chi connectivity index (χ2v) is 6.22. The average molecular weight is 253 g/mol. The highest BCUT2D eigenvalue weighted by atomic mass is 79.9. The largest absolute Gasteiger partial charge is 0.0596 e. The lowest BCUT2D eigenvalue weighted by atomic mass is 9.77. The van der Waals surface area contributed by atoms with Crippen molar-refractivity contribution in [2.75, 3.05) is 0 Å². The van der Waals surface area contributed by atoms with Crippen LogP contribution in [0.15, 0.2) is 22.7 Å². The summed E-state index contributed by atoms with van der Waals surface area (Å²) in [5.74, 6) is 0.731. The van der Waals surface area contributed by atoms with Crippen molar-refractivity contribution in [3.8, 4) is 0 Å². The van der Waals surface area contributed by atoms with Gasteiger partial charge < -0.3 is 0 Å². The Balaban J connectivity index is 2.43. The molecule has 2 rings (SSSR count). The Morgan fingerprint density at radius 3 is 2.64 bits per heavy atom. The third kappa shape index (κ3) is 1.75. The lowest BCUT2D eigenvalue weighted by Crippen LogP contribution is -2.15. The van der Waals surface area contributed by atoms with Crippen LogP contribution in [0.2, 0.25) is 0 Å². The second-order valence-electron chi connectivity index (χ2n) is 5.30. The van der Waals surface area contributed by atoms with Crippen LogP contribution in [0.1, 0.15) is 44.2 Å². The molecular formula is C13H17Br. The quantitative estimate of drug-likeness (QED) is 0.637. The maximum atomic E-state index is 3.56. The summed E-state index contributed by atoms with van der Waals surface area (Å²) in [6.45, 7) is 7.02. The summed E-state index contributed by atoms with van der Waals surface area (Å²) in [5.41, 5.74) is 3.51. The van der Waals surface area contributed by atoms with Gasteiger partial charge in [-0.05, 0) is 47.4 Å². The molecule has 1 atom stereocenters. The highest BCUT2D eigenvalue weighted by Gasteiger charge is 2.31. The first-order chi connectivity index (χ1) is 6.48. The van der Waals surface area contributed by atoms with E-state index < -0.39 is 0 Å². The second kappa shape index (κ2) is 3.37. The molecule has 0 aliphatic heterocycles. The molecule has 0 radical (unpaired) electrons. The Bertz CT molecular complexity index is 347. The topological polar surface area (TPSA) is 0 Å². The lowest BCUT2D eigenvalue weighted by molar-refractivity contribution is 0.319. The zero-order chi connectivity index (χ0) is 10.3. The summed E-state index contributed by atoms with van der Waals surface area (Å²) < 4.78 is 1.22. The van der Waals surface area contributed by atoms with E-state index in [9.17, 15) is 0 Å². The summed E-state index contributed by atoms with van der Waals surface area (Å²) in [6.07, 6.45) is 2.57. The van der Waals surface area contributed by atoms with E-state index in [1.165, 1.54) is 17.3 Å². The molecule has 1 heteroatoms. The zero-order valence-electron chi connectivity index (χ0n) is 9.10. The van der Waals surface area contributed by atoms with Crippen molar-refractivity contribution in [2.24, 2.45) is 5.41 Å². The summed E-state index contributed by atoms with van der Waals surface area (Å²) in [7, 11) is 0. The van der Waals surface area contributed by atoms with Gasteiger partial charge in [0.15, 0.2) is 0 Å². The van der Waals surface area contributed by atoms with Crippen LogP contribution >= 0.6 is 15.9 Å². The molecule has 76 valence electrons. The fraction of sp³-hybridized carbons (Fsp3) is 0.538. The Kier molecular flexibility index (Phi) is 2.46. The normalized spacial score (nSPS) is 21.0. The lowest BCUT2D eigenvalue weighted by Gasteiger charge is -2.27. The molecule has 1 aliphatic rings.